The Morgan fingerprint density at radius 1 is 1.11 bits per heavy atom. The van der Waals surface area contributed by atoms with Gasteiger partial charge in [-0.1, -0.05) is 0 Å². The molecule has 1 atom stereocenters. The van der Waals surface area contributed by atoms with Gasteiger partial charge in [0.05, 0.1) is 42.9 Å². The lowest BCUT2D eigenvalue weighted by molar-refractivity contribution is -0.137. The van der Waals surface area contributed by atoms with Crippen molar-refractivity contribution in [1.29, 1.82) is 0 Å². The number of aromatic nitrogens is 4. The lowest BCUT2D eigenvalue weighted by Crippen LogP contribution is -2.47. The number of carbonyl (C=O) groups is 1. The number of rotatable bonds is 6. The molecule has 2 aliphatic heterocycles. The number of fused-ring (bicyclic) bond motifs is 1. The van der Waals surface area contributed by atoms with Crippen molar-refractivity contribution in [3.8, 4) is 11.4 Å². The van der Waals surface area contributed by atoms with Crippen molar-refractivity contribution in [2.75, 3.05) is 75.3 Å². The van der Waals surface area contributed by atoms with Crippen molar-refractivity contribution in [3.05, 3.63) is 35.7 Å². The summed E-state index contributed by atoms with van der Waals surface area (Å²) in [5.41, 5.74) is -0.0664. The van der Waals surface area contributed by atoms with E-state index in [4.69, 9.17) is 9.29 Å². The lowest BCUT2D eigenvalue weighted by atomic mass is 10.1. The second-order valence-electron chi connectivity index (χ2n) is 11.2. The molecule has 0 bridgehead atoms. The predicted molar refractivity (Wildman–Crippen MR) is 164 cm³/mol. The summed E-state index contributed by atoms with van der Waals surface area (Å²) in [5, 5.41) is 13.7. The smallest absolute Gasteiger partial charge is 0.417 e. The van der Waals surface area contributed by atoms with Crippen LogP contribution < -0.4 is 9.80 Å². The summed E-state index contributed by atoms with van der Waals surface area (Å²) >= 11 is 0. The SMILES string of the molecule is CC1COCCN1c1nc(-c2cnc(N(C)C(=O)O)cc2C(F)(F)F)nn2cc(CN3CCN(S(C)(=O)=O)CC3)cc12.CS(=O)(=O)O. The molecule has 3 aromatic rings. The van der Waals surface area contributed by atoms with Gasteiger partial charge >= 0.3 is 12.3 Å². The highest BCUT2D eigenvalue weighted by Crippen LogP contribution is 2.38. The molecular formula is C26H35F3N8O8S2. The normalized spacial score (nSPS) is 18.6. The van der Waals surface area contributed by atoms with Crippen LogP contribution in [0.15, 0.2) is 24.5 Å². The zero-order valence-electron chi connectivity index (χ0n) is 25.9. The first kappa shape index (κ1) is 36.2. The van der Waals surface area contributed by atoms with E-state index in [-0.39, 0.29) is 23.2 Å². The molecule has 0 aliphatic carbocycles. The van der Waals surface area contributed by atoms with E-state index in [0.717, 1.165) is 18.8 Å². The molecule has 0 spiro atoms. The van der Waals surface area contributed by atoms with Gasteiger partial charge in [-0.15, -0.1) is 5.10 Å². The zero-order valence-corrected chi connectivity index (χ0v) is 27.5. The van der Waals surface area contributed by atoms with E-state index in [0.29, 0.717) is 81.0 Å². The molecule has 1 unspecified atom stereocenters. The second kappa shape index (κ2) is 13.8. The molecular weight excluding hydrogens is 673 g/mol. The molecule has 260 valence electrons. The quantitative estimate of drug-likeness (QED) is 0.353. The average molecular weight is 709 g/mol. The number of pyridine rings is 1. The van der Waals surface area contributed by atoms with Crippen molar-refractivity contribution in [2.24, 2.45) is 0 Å². The number of hydrogen-bond acceptors (Lipinski definition) is 11. The van der Waals surface area contributed by atoms with Gasteiger partial charge in [0, 0.05) is 58.7 Å². The molecule has 0 saturated carbocycles. The molecule has 5 rings (SSSR count). The fraction of sp³-hybridized carbons (Fsp3) is 0.538. The molecule has 2 N–H and O–H groups in total. The highest BCUT2D eigenvalue weighted by atomic mass is 32.2. The van der Waals surface area contributed by atoms with Gasteiger partial charge in [-0.3, -0.25) is 14.4 Å². The largest absolute Gasteiger partial charge is 0.465 e. The Bertz CT molecular complexity index is 1820. The van der Waals surface area contributed by atoms with Crippen molar-refractivity contribution >= 4 is 43.4 Å². The van der Waals surface area contributed by atoms with Gasteiger partial charge < -0.3 is 14.7 Å². The number of carboxylic acid groups (broad SMARTS) is 1. The van der Waals surface area contributed by atoms with E-state index in [2.05, 4.69) is 20.0 Å². The Balaban J connectivity index is 0.000000930. The van der Waals surface area contributed by atoms with Gasteiger partial charge in [-0.2, -0.15) is 25.9 Å². The maximum Gasteiger partial charge on any atom is 0.417 e. The summed E-state index contributed by atoms with van der Waals surface area (Å²) < 4.78 is 101. The topological polar surface area (TPSA) is 191 Å². The van der Waals surface area contributed by atoms with Crippen LogP contribution in [0.1, 0.15) is 18.1 Å². The molecule has 1 amide bonds. The highest BCUT2D eigenvalue weighted by molar-refractivity contribution is 7.88. The molecule has 21 heteroatoms. The number of alkyl halides is 3. The number of halogens is 3. The maximum absolute atomic E-state index is 14.2. The van der Waals surface area contributed by atoms with E-state index >= 15 is 0 Å². The van der Waals surface area contributed by atoms with Gasteiger partial charge in [0.1, 0.15) is 11.3 Å². The first-order valence-corrected chi connectivity index (χ1v) is 17.8. The second-order valence-corrected chi connectivity index (χ2v) is 14.6. The van der Waals surface area contributed by atoms with E-state index in [1.54, 1.807) is 6.20 Å². The summed E-state index contributed by atoms with van der Waals surface area (Å²) in [6.45, 7) is 5.51. The average Bonchev–Trinajstić information content (AvgIpc) is 3.37. The first-order valence-electron chi connectivity index (χ1n) is 14.1. The molecule has 2 aliphatic rings. The Morgan fingerprint density at radius 2 is 1.74 bits per heavy atom. The van der Waals surface area contributed by atoms with Crippen molar-refractivity contribution in [1.82, 2.24) is 28.8 Å². The molecule has 2 fully saturated rings. The number of anilines is 2. The molecule has 0 aromatic carbocycles. The van der Waals surface area contributed by atoms with E-state index in [9.17, 15) is 39.9 Å². The number of hydrogen-bond donors (Lipinski definition) is 2. The van der Waals surface area contributed by atoms with Gasteiger partial charge in [0.15, 0.2) is 11.6 Å². The van der Waals surface area contributed by atoms with Crippen LogP contribution in [0.4, 0.5) is 29.6 Å². The number of ether oxygens (including phenoxy) is 1. The molecule has 2 saturated heterocycles. The van der Waals surface area contributed by atoms with Crippen LogP contribution in [-0.2, 0) is 37.6 Å². The van der Waals surface area contributed by atoms with Crippen molar-refractivity contribution in [3.63, 3.8) is 0 Å². The van der Waals surface area contributed by atoms with E-state index < -0.39 is 38.0 Å². The Hall–Kier alpha value is -3.63. The fourth-order valence-corrected chi connectivity index (χ4v) is 5.93. The van der Waals surface area contributed by atoms with Gasteiger partial charge in [0.25, 0.3) is 10.1 Å². The maximum atomic E-state index is 14.2. The highest BCUT2D eigenvalue weighted by Gasteiger charge is 2.37. The van der Waals surface area contributed by atoms with Gasteiger partial charge in [0.2, 0.25) is 10.0 Å². The summed E-state index contributed by atoms with van der Waals surface area (Å²) in [6.07, 6.45) is -1.73. The predicted octanol–water partition coefficient (Wildman–Crippen LogP) is 1.73. The summed E-state index contributed by atoms with van der Waals surface area (Å²) in [4.78, 5) is 24.6. The summed E-state index contributed by atoms with van der Waals surface area (Å²) in [6, 6.07) is 2.45. The van der Waals surface area contributed by atoms with Crippen molar-refractivity contribution < 1.29 is 49.2 Å². The summed E-state index contributed by atoms with van der Waals surface area (Å²) in [7, 11) is -5.83. The summed E-state index contributed by atoms with van der Waals surface area (Å²) in [5.74, 6) is -0.172. The van der Waals surface area contributed by atoms with Crippen LogP contribution in [-0.4, -0.2) is 133 Å². The van der Waals surface area contributed by atoms with E-state index in [1.807, 2.05) is 17.9 Å². The van der Waals surface area contributed by atoms with Crippen LogP contribution in [0, 0.1) is 0 Å². The molecule has 47 heavy (non-hydrogen) atoms. The third-order valence-electron chi connectivity index (χ3n) is 7.41. The van der Waals surface area contributed by atoms with Crippen LogP contribution in [0.2, 0.25) is 0 Å². The standard InChI is InChI=1S/C25H31F3N8O5S.CH4O3S/c1-16-15-41-9-8-35(16)23-20-10-17(13-33-4-6-34(7-5-33)42(3,39)40)14-36(20)31-22(30-23)18-12-29-21(32(2)24(37)38)11-19(18)25(26,27)28;1-5(2,3)4/h10-12,14,16H,4-9,13,15H2,1-3H3,(H,37,38);1H3,(H,2,3,4). The van der Waals surface area contributed by atoms with Gasteiger partial charge in [-0.05, 0) is 24.6 Å². The van der Waals surface area contributed by atoms with Crippen LogP contribution in [0.3, 0.4) is 0 Å². The Morgan fingerprint density at radius 3 is 2.30 bits per heavy atom. The number of sulfonamides is 1. The third-order valence-corrected chi connectivity index (χ3v) is 8.72. The minimum Gasteiger partial charge on any atom is -0.465 e. The first-order chi connectivity index (χ1) is 21.7. The number of morpholine rings is 1. The van der Waals surface area contributed by atoms with Crippen molar-refractivity contribution in [2.45, 2.75) is 25.7 Å². The number of nitrogens with zero attached hydrogens (tertiary/aromatic N) is 8. The lowest BCUT2D eigenvalue weighted by Gasteiger charge is -2.34. The Kier molecular flexibility index (Phi) is 10.7. The number of piperazine rings is 1. The minimum atomic E-state index is -4.84. The van der Waals surface area contributed by atoms with E-state index in [1.165, 1.54) is 15.1 Å². The Labute approximate surface area is 269 Å². The fourth-order valence-electron chi connectivity index (χ4n) is 5.11. The zero-order chi connectivity index (χ0) is 34.9. The molecule has 16 nitrogen and oxygen atoms in total. The number of amides is 1. The minimum absolute atomic E-state index is 0.112. The monoisotopic (exact) mass is 708 g/mol. The van der Waals surface area contributed by atoms with Crippen LogP contribution >= 0.6 is 0 Å². The molecule has 3 aromatic heterocycles. The molecule has 5 heterocycles. The third kappa shape index (κ3) is 9.26. The van der Waals surface area contributed by atoms with Crippen LogP contribution in [0.5, 0.6) is 0 Å². The van der Waals surface area contributed by atoms with Crippen LogP contribution in [0.25, 0.3) is 16.9 Å². The molecule has 0 radical (unpaired) electrons. The van der Waals surface area contributed by atoms with Gasteiger partial charge in [-0.25, -0.2) is 27.7 Å².